The Morgan fingerprint density at radius 2 is 2.04 bits per heavy atom. The van der Waals surface area contributed by atoms with Crippen LogP contribution in [-0.2, 0) is 0 Å². The van der Waals surface area contributed by atoms with Gasteiger partial charge in [0.25, 0.3) is 0 Å². The van der Waals surface area contributed by atoms with Crippen LogP contribution in [0.25, 0.3) is 0 Å². The van der Waals surface area contributed by atoms with E-state index in [2.05, 4.69) is 29.4 Å². The van der Waals surface area contributed by atoms with Crippen molar-refractivity contribution in [2.24, 2.45) is 5.92 Å². The molecule has 1 unspecified atom stereocenters. The Labute approximate surface area is 155 Å². The number of hydrogen-bond acceptors (Lipinski definition) is 3. The van der Waals surface area contributed by atoms with Gasteiger partial charge in [0.2, 0.25) is 0 Å². The Bertz CT molecular complexity index is 615. The first kappa shape index (κ1) is 19.0. The van der Waals surface area contributed by atoms with Crippen LogP contribution < -0.4 is 15.4 Å². The molecule has 0 spiro atoms. The average molecular weight is 363 g/mol. The van der Waals surface area contributed by atoms with Gasteiger partial charge in [0, 0.05) is 31.2 Å². The summed E-state index contributed by atoms with van der Waals surface area (Å²) in [7, 11) is 0. The molecular formula is C20H30FN3O2. The summed E-state index contributed by atoms with van der Waals surface area (Å²) >= 11 is 0. The van der Waals surface area contributed by atoms with Gasteiger partial charge in [-0.15, -0.1) is 0 Å². The SMILES string of the molecule is CC(C)CN1CCC(NC(=O)NC2CCCOc3ccc(F)cc32)CC1. The quantitative estimate of drug-likeness (QED) is 0.861. The zero-order chi connectivity index (χ0) is 18.5. The highest BCUT2D eigenvalue weighted by Gasteiger charge is 2.25. The summed E-state index contributed by atoms with van der Waals surface area (Å²) in [5.74, 6) is 1.02. The fourth-order valence-electron chi connectivity index (χ4n) is 3.86. The van der Waals surface area contributed by atoms with E-state index in [1.165, 1.54) is 12.1 Å². The molecule has 3 rings (SSSR count). The molecule has 1 aromatic rings. The largest absolute Gasteiger partial charge is 0.493 e. The van der Waals surface area contributed by atoms with Crippen molar-refractivity contribution < 1.29 is 13.9 Å². The number of likely N-dealkylation sites (tertiary alicyclic amines) is 1. The molecule has 2 amide bonds. The predicted octanol–water partition coefficient (Wildman–Crippen LogP) is 3.46. The highest BCUT2D eigenvalue weighted by Crippen LogP contribution is 2.32. The number of nitrogens with one attached hydrogen (secondary N) is 2. The minimum atomic E-state index is -0.306. The molecule has 2 aliphatic rings. The average Bonchev–Trinajstić information content (AvgIpc) is 2.78. The number of hydrogen-bond donors (Lipinski definition) is 2. The van der Waals surface area contributed by atoms with Crippen LogP contribution in [0.1, 0.15) is 51.1 Å². The third kappa shape index (κ3) is 5.10. The van der Waals surface area contributed by atoms with Crippen LogP contribution in [0.15, 0.2) is 18.2 Å². The van der Waals surface area contributed by atoms with E-state index in [4.69, 9.17) is 4.74 Å². The molecule has 144 valence electrons. The van der Waals surface area contributed by atoms with E-state index in [1.807, 2.05) is 0 Å². The molecule has 1 aromatic carbocycles. The molecule has 0 aromatic heterocycles. The zero-order valence-corrected chi connectivity index (χ0v) is 15.8. The Kier molecular flexibility index (Phi) is 6.35. The highest BCUT2D eigenvalue weighted by atomic mass is 19.1. The van der Waals surface area contributed by atoms with Crippen molar-refractivity contribution in [2.75, 3.05) is 26.2 Å². The first-order valence-electron chi connectivity index (χ1n) is 9.73. The molecule has 2 aliphatic heterocycles. The number of amides is 2. The second-order valence-electron chi connectivity index (χ2n) is 7.81. The molecule has 1 atom stereocenters. The van der Waals surface area contributed by atoms with E-state index >= 15 is 0 Å². The number of benzene rings is 1. The third-order valence-corrected chi connectivity index (χ3v) is 5.09. The number of urea groups is 1. The monoisotopic (exact) mass is 363 g/mol. The third-order valence-electron chi connectivity index (χ3n) is 5.09. The van der Waals surface area contributed by atoms with Gasteiger partial charge in [-0.25, -0.2) is 9.18 Å². The maximum atomic E-state index is 13.6. The zero-order valence-electron chi connectivity index (χ0n) is 15.8. The highest BCUT2D eigenvalue weighted by molar-refractivity contribution is 5.75. The summed E-state index contributed by atoms with van der Waals surface area (Å²) in [4.78, 5) is 14.9. The Morgan fingerprint density at radius 1 is 1.27 bits per heavy atom. The summed E-state index contributed by atoms with van der Waals surface area (Å²) < 4.78 is 19.3. The van der Waals surface area contributed by atoms with Crippen LogP contribution in [0.3, 0.4) is 0 Å². The molecule has 0 saturated carbocycles. The van der Waals surface area contributed by atoms with Crippen LogP contribution >= 0.6 is 0 Å². The van der Waals surface area contributed by atoms with Crippen molar-refractivity contribution >= 4 is 6.03 Å². The summed E-state index contributed by atoms with van der Waals surface area (Å²) in [6.45, 7) is 8.21. The van der Waals surface area contributed by atoms with E-state index in [1.54, 1.807) is 6.07 Å². The fraction of sp³-hybridized carbons (Fsp3) is 0.650. The molecular weight excluding hydrogens is 333 g/mol. The molecule has 6 heteroatoms. The van der Waals surface area contributed by atoms with Crippen molar-refractivity contribution in [1.29, 1.82) is 0 Å². The first-order valence-corrected chi connectivity index (χ1v) is 9.73. The second kappa shape index (κ2) is 8.71. The molecule has 2 N–H and O–H groups in total. The summed E-state index contributed by atoms with van der Waals surface area (Å²) in [5, 5.41) is 6.12. The van der Waals surface area contributed by atoms with Crippen molar-refractivity contribution in [3.8, 4) is 5.75 Å². The smallest absolute Gasteiger partial charge is 0.315 e. The lowest BCUT2D eigenvalue weighted by Crippen LogP contribution is -2.49. The number of ether oxygens (including phenoxy) is 1. The molecule has 2 heterocycles. The van der Waals surface area contributed by atoms with Crippen LogP contribution in [0, 0.1) is 11.7 Å². The van der Waals surface area contributed by atoms with Gasteiger partial charge in [-0.05, 0) is 49.8 Å². The van der Waals surface area contributed by atoms with Gasteiger partial charge in [-0.1, -0.05) is 13.8 Å². The van der Waals surface area contributed by atoms with Crippen LogP contribution in [-0.4, -0.2) is 43.2 Å². The van der Waals surface area contributed by atoms with Gasteiger partial charge in [-0.3, -0.25) is 0 Å². The standard InChI is InChI=1S/C20H30FN3O2/c1-14(2)13-24-9-7-16(8-10-24)22-20(25)23-18-4-3-11-26-19-6-5-15(21)12-17(18)19/h5-6,12,14,16,18H,3-4,7-11,13H2,1-2H3,(H2,22,23,25). The van der Waals surface area contributed by atoms with Gasteiger partial charge in [0.1, 0.15) is 11.6 Å². The molecule has 1 saturated heterocycles. The lowest BCUT2D eigenvalue weighted by Gasteiger charge is -2.33. The molecule has 0 aliphatic carbocycles. The number of nitrogens with zero attached hydrogens (tertiary/aromatic N) is 1. The number of carbonyl (C=O) groups is 1. The van der Waals surface area contributed by atoms with E-state index in [0.29, 0.717) is 18.3 Å². The van der Waals surface area contributed by atoms with Crippen molar-refractivity contribution in [3.05, 3.63) is 29.6 Å². The number of piperidine rings is 1. The first-order chi connectivity index (χ1) is 12.5. The Morgan fingerprint density at radius 3 is 2.77 bits per heavy atom. The molecule has 0 radical (unpaired) electrons. The van der Waals surface area contributed by atoms with Crippen LogP contribution in [0.5, 0.6) is 5.75 Å². The fourth-order valence-corrected chi connectivity index (χ4v) is 3.86. The van der Waals surface area contributed by atoms with E-state index < -0.39 is 0 Å². The molecule has 5 nitrogen and oxygen atoms in total. The number of fused-ring (bicyclic) bond motifs is 1. The van der Waals surface area contributed by atoms with E-state index in [-0.39, 0.29) is 23.9 Å². The molecule has 26 heavy (non-hydrogen) atoms. The Hall–Kier alpha value is -1.82. The minimum absolute atomic E-state index is 0.172. The summed E-state index contributed by atoms with van der Waals surface area (Å²) in [5.41, 5.74) is 0.726. The number of rotatable bonds is 4. The Balaban J connectivity index is 1.53. The van der Waals surface area contributed by atoms with Crippen molar-refractivity contribution in [1.82, 2.24) is 15.5 Å². The van der Waals surface area contributed by atoms with Crippen LogP contribution in [0.2, 0.25) is 0 Å². The number of carbonyl (C=O) groups excluding carboxylic acids is 1. The van der Waals surface area contributed by atoms with Gasteiger partial charge in [0.15, 0.2) is 0 Å². The minimum Gasteiger partial charge on any atom is -0.493 e. The lowest BCUT2D eigenvalue weighted by molar-refractivity contribution is 0.177. The maximum Gasteiger partial charge on any atom is 0.315 e. The van der Waals surface area contributed by atoms with Crippen molar-refractivity contribution in [3.63, 3.8) is 0 Å². The lowest BCUT2D eigenvalue weighted by atomic mass is 10.0. The number of halogens is 1. The molecule has 0 bridgehead atoms. The topological polar surface area (TPSA) is 53.6 Å². The van der Waals surface area contributed by atoms with E-state index in [9.17, 15) is 9.18 Å². The molecule has 1 fully saturated rings. The summed E-state index contributed by atoms with van der Waals surface area (Å²) in [6, 6.07) is 4.32. The predicted molar refractivity (Wildman–Crippen MR) is 99.8 cm³/mol. The maximum absolute atomic E-state index is 13.6. The van der Waals surface area contributed by atoms with Gasteiger partial charge in [0.05, 0.1) is 12.6 Å². The second-order valence-corrected chi connectivity index (χ2v) is 7.81. The van der Waals surface area contributed by atoms with Crippen LogP contribution in [0.4, 0.5) is 9.18 Å². The van der Waals surface area contributed by atoms with Crippen molar-refractivity contribution in [2.45, 2.75) is 51.6 Å². The van der Waals surface area contributed by atoms with Gasteiger partial charge in [-0.2, -0.15) is 0 Å². The van der Waals surface area contributed by atoms with E-state index in [0.717, 1.165) is 50.9 Å². The normalized spacial score (nSPS) is 21.6. The summed E-state index contributed by atoms with van der Waals surface area (Å²) in [6.07, 6.45) is 3.52. The van der Waals surface area contributed by atoms with Gasteiger partial charge >= 0.3 is 6.03 Å². The van der Waals surface area contributed by atoms with Gasteiger partial charge < -0.3 is 20.3 Å².